The third-order valence-corrected chi connectivity index (χ3v) is 4.57. The monoisotopic (exact) mass is 347 g/mol. The lowest BCUT2D eigenvalue weighted by atomic mass is 10.1. The molecule has 1 saturated carbocycles. The summed E-state index contributed by atoms with van der Waals surface area (Å²) >= 11 is 3.44. The zero-order valence-electron chi connectivity index (χ0n) is 12.4. The van der Waals surface area contributed by atoms with Crippen molar-refractivity contribution in [2.75, 3.05) is 5.32 Å². The molecule has 1 N–H and O–H groups in total. The maximum atomic E-state index is 12.2. The lowest BCUT2D eigenvalue weighted by molar-refractivity contribution is -0.117. The van der Waals surface area contributed by atoms with Crippen molar-refractivity contribution >= 4 is 27.7 Å². The highest BCUT2D eigenvalue weighted by molar-refractivity contribution is 9.10. The predicted octanol–water partition coefficient (Wildman–Crippen LogP) is 3.75. The molecule has 0 radical (unpaired) electrons. The highest BCUT2D eigenvalue weighted by Gasteiger charge is 2.39. The minimum atomic E-state index is 0.101. The first-order valence-corrected chi connectivity index (χ1v) is 7.87. The molecular formula is C16H18BrN3O. The molecular weight excluding hydrogens is 330 g/mol. The summed E-state index contributed by atoms with van der Waals surface area (Å²) in [7, 11) is 1.86. The van der Waals surface area contributed by atoms with Crippen molar-refractivity contribution in [2.24, 2.45) is 18.9 Å². The molecule has 0 unspecified atom stereocenters. The van der Waals surface area contributed by atoms with Crippen LogP contribution in [0.25, 0.3) is 11.1 Å². The Morgan fingerprint density at radius 2 is 2.00 bits per heavy atom. The SMILES string of the molecule is Cc1nn(C)c(NC(=O)[C@@H]2C[C@@H]2C)c1-c1ccc(Br)cc1. The van der Waals surface area contributed by atoms with Gasteiger partial charge in [-0.3, -0.25) is 9.48 Å². The molecule has 3 rings (SSSR count). The molecule has 0 saturated heterocycles. The molecule has 0 bridgehead atoms. The van der Waals surface area contributed by atoms with Crippen LogP contribution in [0.2, 0.25) is 0 Å². The van der Waals surface area contributed by atoms with Crippen LogP contribution in [-0.4, -0.2) is 15.7 Å². The fraction of sp³-hybridized carbons (Fsp3) is 0.375. The van der Waals surface area contributed by atoms with E-state index in [9.17, 15) is 4.79 Å². The van der Waals surface area contributed by atoms with Crippen LogP contribution in [0.15, 0.2) is 28.7 Å². The molecule has 1 amide bonds. The molecule has 1 heterocycles. The smallest absolute Gasteiger partial charge is 0.228 e. The highest BCUT2D eigenvalue weighted by Crippen LogP contribution is 2.39. The molecule has 1 aliphatic carbocycles. The number of halogens is 1. The fourth-order valence-electron chi connectivity index (χ4n) is 2.66. The normalized spacial score (nSPS) is 20.4. The van der Waals surface area contributed by atoms with Crippen molar-refractivity contribution in [3.05, 3.63) is 34.4 Å². The van der Waals surface area contributed by atoms with Gasteiger partial charge in [0.1, 0.15) is 5.82 Å². The van der Waals surface area contributed by atoms with Crippen molar-refractivity contribution in [3.63, 3.8) is 0 Å². The largest absolute Gasteiger partial charge is 0.310 e. The highest BCUT2D eigenvalue weighted by atomic mass is 79.9. The Balaban J connectivity index is 1.96. The van der Waals surface area contributed by atoms with E-state index in [1.807, 2.05) is 38.2 Å². The van der Waals surface area contributed by atoms with E-state index in [-0.39, 0.29) is 11.8 Å². The van der Waals surface area contributed by atoms with E-state index in [0.717, 1.165) is 33.5 Å². The number of benzene rings is 1. The first-order chi connectivity index (χ1) is 9.97. The Kier molecular flexibility index (Phi) is 3.61. The van der Waals surface area contributed by atoms with Crippen molar-refractivity contribution in [3.8, 4) is 11.1 Å². The van der Waals surface area contributed by atoms with Crippen LogP contribution in [0, 0.1) is 18.8 Å². The summed E-state index contributed by atoms with van der Waals surface area (Å²) < 4.78 is 2.78. The zero-order valence-corrected chi connectivity index (χ0v) is 13.9. The summed E-state index contributed by atoms with van der Waals surface area (Å²) in [5, 5.41) is 7.51. The maximum absolute atomic E-state index is 12.2. The lowest BCUT2D eigenvalue weighted by Gasteiger charge is -2.09. The van der Waals surface area contributed by atoms with Crippen LogP contribution >= 0.6 is 15.9 Å². The van der Waals surface area contributed by atoms with E-state index in [4.69, 9.17) is 0 Å². The minimum absolute atomic E-state index is 0.101. The van der Waals surface area contributed by atoms with Crippen molar-refractivity contribution < 1.29 is 4.79 Å². The number of carbonyl (C=O) groups excluding carboxylic acids is 1. The predicted molar refractivity (Wildman–Crippen MR) is 87.0 cm³/mol. The fourth-order valence-corrected chi connectivity index (χ4v) is 2.92. The van der Waals surface area contributed by atoms with E-state index in [1.54, 1.807) is 4.68 Å². The third-order valence-electron chi connectivity index (χ3n) is 4.04. The summed E-state index contributed by atoms with van der Waals surface area (Å²) in [6.45, 7) is 4.07. The van der Waals surface area contributed by atoms with E-state index < -0.39 is 0 Å². The number of hydrogen-bond donors (Lipinski definition) is 1. The Morgan fingerprint density at radius 3 is 2.57 bits per heavy atom. The molecule has 110 valence electrons. The summed E-state index contributed by atoms with van der Waals surface area (Å²) in [6.07, 6.45) is 0.982. The van der Waals surface area contributed by atoms with Gasteiger partial charge in [-0.1, -0.05) is 35.0 Å². The Morgan fingerprint density at radius 1 is 1.38 bits per heavy atom. The topological polar surface area (TPSA) is 46.9 Å². The van der Waals surface area contributed by atoms with Crippen LogP contribution in [0.3, 0.4) is 0 Å². The number of nitrogens with one attached hydrogen (secondary N) is 1. The van der Waals surface area contributed by atoms with Crippen LogP contribution in [0.5, 0.6) is 0 Å². The van der Waals surface area contributed by atoms with Gasteiger partial charge in [0, 0.05) is 23.0 Å². The van der Waals surface area contributed by atoms with Crippen molar-refractivity contribution in [2.45, 2.75) is 20.3 Å². The third kappa shape index (κ3) is 2.75. The van der Waals surface area contributed by atoms with Gasteiger partial charge in [-0.15, -0.1) is 0 Å². The van der Waals surface area contributed by atoms with Crippen molar-refractivity contribution in [1.29, 1.82) is 0 Å². The Hall–Kier alpha value is -1.62. The standard InChI is InChI=1S/C16H18BrN3O/c1-9-8-13(9)16(21)18-15-14(10(2)19-20(15)3)11-4-6-12(17)7-5-11/h4-7,9,13H,8H2,1-3H3,(H,18,21)/t9-,13+/m0/s1. The molecule has 1 aromatic carbocycles. The first kappa shape index (κ1) is 14.3. The lowest BCUT2D eigenvalue weighted by Crippen LogP contribution is -2.17. The molecule has 5 heteroatoms. The average Bonchev–Trinajstić information content (AvgIpc) is 3.10. The number of aryl methyl sites for hydroxylation is 2. The van der Waals surface area contributed by atoms with E-state index in [2.05, 4.69) is 33.3 Å². The molecule has 0 spiro atoms. The molecule has 2 aromatic rings. The van der Waals surface area contributed by atoms with Crippen molar-refractivity contribution in [1.82, 2.24) is 9.78 Å². The number of rotatable bonds is 3. The quantitative estimate of drug-likeness (QED) is 0.918. The number of hydrogen-bond acceptors (Lipinski definition) is 2. The zero-order chi connectivity index (χ0) is 15.1. The van der Waals surface area contributed by atoms with Gasteiger partial charge in [0.25, 0.3) is 0 Å². The number of anilines is 1. The van der Waals surface area contributed by atoms with Crippen LogP contribution < -0.4 is 5.32 Å². The molecule has 1 aromatic heterocycles. The van der Waals surface area contributed by atoms with Gasteiger partial charge in [0.2, 0.25) is 5.91 Å². The average molecular weight is 348 g/mol. The Bertz CT molecular complexity index is 690. The summed E-state index contributed by atoms with van der Waals surface area (Å²) in [4.78, 5) is 12.2. The Labute approximate surface area is 132 Å². The van der Waals surface area contributed by atoms with E-state index >= 15 is 0 Å². The maximum Gasteiger partial charge on any atom is 0.228 e. The van der Waals surface area contributed by atoms with Gasteiger partial charge in [0.15, 0.2) is 0 Å². The van der Waals surface area contributed by atoms with Gasteiger partial charge in [0.05, 0.1) is 5.69 Å². The van der Waals surface area contributed by atoms with E-state index in [0.29, 0.717) is 5.92 Å². The van der Waals surface area contributed by atoms with E-state index in [1.165, 1.54) is 0 Å². The first-order valence-electron chi connectivity index (χ1n) is 7.07. The van der Waals surface area contributed by atoms with Gasteiger partial charge >= 0.3 is 0 Å². The van der Waals surface area contributed by atoms with Crippen LogP contribution in [0.4, 0.5) is 5.82 Å². The number of nitrogens with zero attached hydrogens (tertiary/aromatic N) is 2. The van der Waals surface area contributed by atoms with Crippen LogP contribution in [-0.2, 0) is 11.8 Å². The van der Waals surface area contributed by atoms with Gasteiger partial charge < -0.3 is 5.32 Å². The number of carbonyl (C=O) groups is 1. The summed E-state index contributed by atoms with van der Waals surface area (Å²) in [6, 6.07) is 8.06. The van der Waals surface area contributed by atoms with Gasteiger partial charge in [-0.2, -0.15) is 5.10 Å². The summed E-state index contributed by atoms with van der Waals surface area (Å²) in [5.74, 6) is 1.52. The number of aromatic nitrogens is 2. The second-order valence-corrected chi connectivity index (χ2v) is 6.66. The molecule has 2 atom stereocenters. The van der Waals surface area contributed by atoms with Crippen LogP contribution in [0.1, 0.15) is 19.0 Å². The minimum Gasteiger partial charge on any atom is -0.310 e. The van der Waals surface area contributed by atoms with Gasteiger partial charge in [-0.05, 0) is 37.0 Å². The second kappa shape index (κ2) is 5.30. The van der Waals surface area contributed by atoms with Gasteiger partial charge in [-0.25, -0.2) is 0 Å². The summed E-state index contributed by atoms with van der Waals surface area (Å²) in [5.41, 5.74) is 2.97. The molecule has 4 nitrogen and oxygen atoms in total. The molecule has 21 heavy (non-hydrogen) atoms. The molecule has 1 aliphatic rings. The second-order valence-electron chi connectivity index (χ2n) is 5.75. The molecule has 0 aliphatic heterocycles. The number of amides is 1. The molecule has 1 fully saturated rings.